The molecule has 3 rings (SSSR count). The van der Waals surface area contributed by atoms with Gasteiger partial charge in [-0.25, -0.2) is 13.1 Å². The van der Waals surface area contributed by atoms with E-state index in [1.807, 2.05) is 0 Å². The fourth-order valence-electron chi connectivity index (χ4n) is 1.75. The summed E-state index contributed by atoms with van der Waals surface area (Å²) in [4.78, 5) is 3.91. The highest BCUT2D eigenvalue weighted by molar-refractivity contribution is 7.91. The molecule has 0 atom stereocenters. The Morgan fingerprint density at radius 3 is 2.73 bits per heavy atom. The second kappa shape index (κ2) is 6.34. The average Bonchev–Trinajstić information content (AvgIpc) is 3.20. The summed E-state index contributed by atoms with van der Waals surface area (Å²) in [7, 11) is -3.46. The first-order valence-corrected chi connectivity index (χ1v) is 8.77. The topological polar surface area (TPSA) is 98.0 Å². The molecule has 3 heterocycles. The monoisotopic (exact) mass is 336 g/mol. The quantitative estimate of drug-likeness (QED) is 0.736. The molecule has 3 aromatic heterocycles. The van der Waals surface area contributed by atoms with Gasteiger partial charge in [0.05, 0.1) is 0 Å². The Kier molecular flexibility index (Phi) is 4.27. The van der Waals surface area contributed by atoms with Gasteiger partial charge >= 0.3 is 0 Å². The molecule has 1 N–H and O–H groups in total. The van der Waals surface area contributed by atoms with Crippen LogP contribution in [0.5, 0.6) is 0 Å². The summed E-state index contributed by atoms with van der Waals surface area (Å²) in [5.74, 6) is 0.763. The zero-order valence-corrected chi connectivity index (χ0v) is 13.0. The molecule has 0 amide bonds. The Morgan fingerprint density at radius 1 is 1.18 bits per heavy atom. The van der Waals surface area contributed by atoms with Crippen LogP contribution in [0.1, 0.15) is 5.89 Å². The normalized spacial score (nSPS) is 11.6. The van der Waals surface area contributed by atoms with Crippen molar-refractivity contribution in [3.63, 3.8) is 0 Å². The van der Waals surface area contributed by atoms with E-state index in [0.29, 0.717) is 18.2 Å². The number of nitrogens with zero attached hydrogens (tertiary/aromatic N) is 3. The van der Waals surface area contributed by atoms with Crippen LogP contribution >= 0.6 is 11.3 Å². The van der Waals surface area contributed by atoms with E-state index in [-0.39, 0.29) is 10.8 Å². The minimum absolute atomic E-state index is 0.193. The third-order valence-corrected chi connectivity index (χ3v) is 5.64. The van der Waals surface area contributed by atoms with Gasteiger partial charge < -0.3 is 4.42 Å². The molecule has 0 unspecified atom stereocenters. The van der Waals surface area contributed by atoms with E-state index in [9.17, 15) is 8.42 Å². The second-order valence-electron chi connectivity index (χ2n) is 4.32. The first kappa shape index (κ1) is 14.8. The molecule has 0 fully saturated rings. The highest BCUT2D eigenvalue weighted by atomic mass is 32.2. The van der Waals surface area contributed by atoms with Gasteiger partial charge in [0.2, 0.25) is 21.8 Å². The lowest BCUT2D eigenvalue weighted by atomic mass is 10.3. The largest absolute Gasteiger partial charge is 0.421 e. The van der Waals surface area contributed by atoms with E-state index in [4.69, 9.17) is 4.42 Å². The molecule has 114 valence electrons. The minimum atomic E-state index is -3.46. The van der Waals surface area contributed by atoms with Crippen molar-refractivity contribution in [2.24, 2.45) is 0 Å². The number of thiophene rings is 1. The Balaban J connectivity index is 1.60. The van der Waals surface area contributed by atoms with Gasteiger partial charge in [0, 0.05) is 30.9 Å². The van der Waals surface area contributed by atoms with Crippen LogP contribution in [0, 0.1) is 0 Å². The average molecular weight is 336 g/mol. The number of nitrogens with one attached hydrogen (secondary N) is 1. The van der Waals surface area contributed by atoms with Gasteiger partial charge in [-0.15, -0.1) is 21.5 Å². The highest BCUT2D eigenvalue weighted by Gasteiger charge is 2.15. The van der Waals surface area contributed by atoms with Crippen molar-refractivity contribution in [1.82, 2.24) is 19.9 Å². The van der Waals surface area contributed by atoms with Crippen molar-refractivity contribution in [2.45, 2.75) is 10.6 Å². The predicted octanol–water partition coefficient (Wildman–Crippen LogP) is 1.71. The van der Waals surface area contributed by atoms with Crippen LogP contribution in [0.3, 0.4) is 0 Å². The fraction of sp³-hybridized carbons (Fsp3) is 0.154. The van der Waals surface area contributed by atoms with Crippen molar-refractivity contribution in [2.75, 3.05) is 6.54 Å². The van der Waals surface area contributed by atoms with Crippen LogP contribution in [0.15, 0.2) is 50.7 Å². The molecular formula is C13H12N4O3S2. The van der Waals surface area contributed by atoms with Crippen LogP contribution < -0.4 is 4.72 Å². The molecule has 3 aromatic rings. The number of hydrogen-bond donors (Lipinski definition) is 1. The molecule has 9 heteroatoms. The maximum absolute atomic E-state index is 11.9. The zero-order valence-electron chi connectivity index (χ0n) is 11.3. The lowest BCUT2D eigenvalue weighted by Gasteiger charge is -2.02. The summed E-state index contributed by atoms with van der Waals surface area (Å²) in [5.41, 5.74) is 0.771. The Labute approximate surface area is 131 Å². The number of pyridine rings is 1. The van der Waals surface area contributed by atoms with E-state index < -0.39 is 10.0 Å². The number of aromatic nitrogens is 3. The van der Waals surface area contributed by atoms with E-state index >= 15 is 0 Å². The van der Waals surface area contributed by atoms with Gasteiger partial charge in [-0.3, -0.25) is 4.98 Å². The molecular weight excluding hydrogens is 324 g/mol. The molecule has 22 heavy (non-hydrogen) atoms. The molecule has 0 radical (unpaired) electrons. The summed E-state index contributed by atoms with van der Waals surface area (Å²) in [6.07, 6.45) is 3.59. The Morgan fingerprint density at radius 2 is 2.00 bits per heavy atom. The lowest BCUT2D eigenvalue weighted by molar-refractivity contribution is 0.502. The maximum Gasteiger partial charge on any atom is 0.250 e. The van der Waals surface area contributed by atoms with Crippen molar-refractivity contribution in [1.29, 1.82) is 0 Å². The summed E-state index contributed by atoms with van der Waals surface area (Å²) in [5, 5.41) is 9.55. The van der Waals surface area contributed by atoms with Gasteiger partial charge in [0.25, 0.3) is 0 Å². The molecule has 0 aliphatic rings. The summed E-state index contributed by atoms with van der Waals surface area (Å²) < 4.78 is 32.2. The number of rotatable bonds is 6. The highest BCUT2D eigenvalue weighted by Crippen LogP contribution is 2.17. The summed E-state index contributed by atoms with van der Waals surface area (Å²) in [6, 6.07) is 6.77. The first-order valence-electron chi connectivity index (χ1n) is 6.41. The predicted molar refractivity (Wildman–Crippen MR) is 80.7 cm³/mol. The molecule has 7 nitrogen and oxygen atoms in total. The lowest BCUT2D eigenvalue weighted by Crippen LogP contribution is -2.25. The maximum atomic E-state index is 11.9. The Hall–Kier alpha value is -2.10. The van der Waals surface area contributed by atoms with Crippen LogP contribution in [0.4, 0.5) is 0 Å². The zero-order chi connectivity index (χ0) is 15.4. The summed E-state index contributed by atoms with van der Waals surface area (Å²) >= 11 is 1.17. The first-order chi connectivity index (χ1) is 10.6. The van der Waals surface area contributed by atoms with Crippen molar-refractivity contribution in [3.05, 3.63) is 47.9 Å². The van der Waals surface area contributed by atoms with Crippen LogP contribution in [0.2, 0.25) is 0 Å². The van der Waals surface area contributed by atoms with Gasteiger partial charge in [-0.2, -0.15) is 0 Å². The minimum Gasteiger partial charge on any atom is -0.421 e. The number of hydrogen-bond acceptors (Lipinski definition) is 7. The van der Waals surface area contributed by atoms with Gasteiger partial charge in [-0.1, -0.05) is 6.07 Å². The Bertz CT molecular complexity index is 829. The molecule has 0 spiro atoms. The third kappa shape index (κ3) is 3.38. The van der Waals surface area contributed by atoms with Crippen LogP contribution in [0.25, 0.3) is 11.5 Å². The third-order valence-electron chi connectivity index (χ3n) is 2.78. The smallest absolute Gasteiger partial charge is 0.250 e. The van der Waals surface area contributed by atoms with Crippen LogP contribution in [-0.2, 0) is 16.4 Å². The van der Waals surface area contributed by atoms with Crippen molar-refractivity contribution in [3.8, 4) is 11.5 Å². The molecule has 0 aromatic carbocycles. The van der Waals surface area contributed by atoms with Crippen molar-refractivity contribution < 1.29 is 12.8 Å². The molecule has 0 saturated heterocycles. The fourth-order valence-corrected chi connectivity index (χ4v) is 3.81. The van der Waals surface area contributed by atoms with Gasteiger partial charge in [-0.05, 0) is 23.6 Å². The van der Waals surface area contributed by atoms with E-state index in [2.05, 4.69) is 19.9 Å². The van der Waals surface area contributed by atoms with Gasteiger partial charge in [0.1, 0.15) is 4.21 Å². The van der Waals surface area contributed by atoms with Crippen LogP contribution in [-0.4, -0.2) is 30.1 Å². The molecule has 0 bridgehead atoms. The van der Waals surface area contributed by atoms with Crippen molar-refractivity contribution >= 4 is 21.4 Å². The SMILES string of the molecule is O=S(=O)(NCCc1nnc(-c2ccncc2)o1)c1cccs1. The number of sulfonamides is 1. The molecule has 0 aliphatic carbocycles. The van der Waals surface area contributed by atoms with Gasteiger partial charge in [0.15, 0.2) is 0 Å². The van der Waals surface area contributed by atoms with E-state index in [1.54, 1.807) is 42.0 Å². The van der Waals surface area contributed by atoms with E-state index in [0.717, 1.165) is 5.56 Å². The summed E-state index contributed by atoms with van der Waals surface area (Å²) in [6.45, 7) is 0.193. The molecule has 0 saturated carbocycles. The second-order valence-corrected chi connectivity index (χ2v) is 7.26. The molecule has 0 aliphatic heterocycles. The van der Waals surface area contributed by atoms with E-state index in [1.165, 1.54) is 11.3 Å². The standard InChI is InChI=1S/C13H12N4O3S2/c18-22(19,12-2-1-9-21-12)15-8-5-11-16-17-13(20-11)10-3-6-14-7-4-10/h1-4,6-7,9,15H,5,8H2.